The van der Waals surface area contributed by atoms with Gasteiger partial charge in [0.25, 0.3) is 0 Å². The number of hydrogen-bond acceptors (Lipinski definition) is 7. The second kappa shape index (κ2) is 12.4. The molecule has 222 valence electrons. The third kappa shape index (κ3) is 7.14. The van der Waals surface area contributed by atoms with Crippen LogP contribution in [-0.4, -0.2) is 103 Å². The maximum absolute atomic E-state index is 15.0. The number of esters is 1. The van der Waals surface area contributed by atoms with Crippen molar-refractivity contribution in [1.82, 2.24) is 14.7 Å². The molecule has 2 heterocycles. The van der Waals surface area contributed by atoms with Gasteiger partial charge in [-0.15, -0.1) is 0 Å². The summed E-state index contributed by atoms with van der Waals surface area (Å²) in [5, 5.41) is 9.47. The van der Waals surface area contributed by atoms with Crippen LogP contribution >= 0.6 is 0 Å². The molecule has 4 rings (SSSR count). The van der Waals surface area contributed by atoms with Crippen molar-refractivity contribution in [3.05, 3.63) is 65.0 Å². The summed E-state index contributed by atoms with van der Waals surface area (Å²) < 4.78 is 43.5. The van der Waals surface area contributed by atoms with Gasteiger partial charge in [0, 0.05) is 56.1 Å². The summed E-state index contributed by atoms with van der Waals surface area (Å²) in [6, 6.07) is 10.4. The van der Waals surface area contributed by atoms with Crippen molar-refractivity contribution in [3.8, 4) is 0 Å². The number of nitrogens with zero attached hydrogens (tertiary/aromatic N) is 4. The Balaban J connectivity index is 1.55. The summed E-state index contributed by atoms with van der Waals surface area (Å²) in [6.07, 6.45) is -0.929. The van der Waals surface area contributed by atoms with Crippen LogP contribution in [0.4, 0.5) is 19.7 Å². The largest absolute Gasteiger partial charge is 0.465 e. The maximum atomic E-state index is 15.0. The van der Waals surface area contributed by atoms with E-state index in [0.717, 1.165) is 11.6 Å². The van der Waals surface area contributed by atoms with Gasteiger partial charge < -0.3 is 19.6 Å². The molecule has 0 saturated carbocycles. The summed E-state index contributed by atoms with van der Waals surface area (Å²) in [5.41, 5.74) is 1.69. The van der Waals surface area contributed by atoms with Crippen molar-refractivity contribution in [1.29, 1.82) is 0 Å². The van der Waals surface area contributed by atoms with Crippen LogP contribution in [0.2, 0.25) is 0 Å². The highest BCUT2D eigenvalue weighted by Crippen LogP contribution is 2.25. The Morgan fingerprint density at radius 3 is 2.17 bits per heavy atom. The Morgan fingerprint density at radius 2 is 1.63 bits per heavy atom. The number of carbonyl (C=O) groups excluding carboxylic acids is 2. The number of hydrogen-bond donors (Lipinski definition) is 1. The fraction of sp³-hybridized carbons (Fsp3) is 0.464. The zero-order valence-corrected chi connectivity index (χ0v) is 24.1. The molecule has 2 aliphatic rings. The minimum Gasteiger partial charge on any atom is -0.465 e. The molecule has 2 fully saturated rings. The summed E-state index contributed by atoms with van der Waals surface area (Å²) >= 11 is 0. The van der Waals surface area contributed by atoms with Crippen LogP contribution in [0.3, 0.4) is 0 Å². The molecular formula is C28H35FN4O7S. The molecule has 2 aliphatic heterocycles. The van der Waals surface area contributed by atoms with E-state index in [1.807, 2.05) is 26.0 Å². The van der Waals surface area contributed by atoms with Crippen LogP contribution in [0.25, 0.3) is 0 Å². The number of amides is 3. The Kier molecular flexibility index (Phi) is 9.17. The highest BCUT2D eigenvalue weighted by atomic mass is 32.2. The molecule has 13 heteroatoms. The minimum absolute atomic E-state index is 0.0399. The van der Waals surface area contributed by atoms with Crippen LogP contribution < -0.4 is 4.90 Å². The molecule has 0 radical (unpaired) electrons. The molecule has 2 atom stereocenters. The van der Waals surface area contributed by atoms with Gasteiger partial charge in [-0.2, -0.15) is 0 Å². The number of sulfone groups is 1. The molecule has 3 amide bonds. The number of carbonyl (C=O) groups is 3. The Bertz CT molecular complexity index is 1380. The van der Waals surface area contributed by atoms with Gasteiger partial charge in [0.2, 0.25) is 0 Å². The number of carboxylic acid groups (broad SMARTS) is 1. The average Bonchev–Trinajstić information content (AvgIpc) is 2.91. The van der Waals surface area contributed by atoms with Crippen molar-refractivity contribution in [3.63, 3.8) is 0 Å². The van der Waals surface area contributed by atoms with Gasteiger partial charge >= 0.3 is 18.1 Å². The lowest BCUT2D eigenvalue weighted by Crippen LogP contribution is -2.57. The summed E-state index contributed by atoms with van der Waals surface area (Å²) in [4.78, 5) is 43.4. The Labute approximate surface area is 239 Å². The predicted molar refractivity (Wildman–Crippen MR) is 150 cm³/mol. The first-order valence-corrected chi connectivity index (χ1v) is 15.2. The number of rotatable bonds is 6. The standard InChI is InChI=1S/C28H35FN4O7S/c1-19-15-30(16-20(2)33(19)28(36)37)17-21-4-8-24(9-5-21)32(27(35)31-10-12-41(38,39)13-11-31)18-23-7-6-22(14-25(23)29)26(34)40-3/h4-9,14,19-20H,10-13,15-18H2,1-3H3,(H,36,37)/t19-,20+. The molecular weight excluding hydrogens is 555 g/mol. The van der Waals surface area contributed by atoms with Crippen LogP contribution in [0.5, 0.6) is 0 Å². The van der Waals surface area contributed by atoms with Gasteiger partial charge in [0.1, 0.15) is 5.82 Å². The van der Waals surface area contributed by atoms with Gasteiger partial charge in [-0.25, -0.2) is 27.2 Å². The molecule has 0 aromatic heterocycles. The number of halogens is 1. The molecule has 0 aliphatic carbocycles. The summed E-state index contributed by atoms with van der Waals surface area (Å²) in [6.45, 7) is 5.46. The van der Waals surface area contributed by atoms with Gasteiger partial charge in [0.05, 0.1) is 30.7 Å². The van der Waals surface area contributed by atoms with Crippen LogP contribution in [0.1, 0.15) is 35.3 Å². The molecule has 11 nitrogen and oxygen atoms in total. The first kappa shape index (κ1) is 30.3. The maximum Gasteiger partial charge on any atom is 0.407 e. The molecule has 0 spiro atoms. The normalized spacial score (nSPS) is 20.9. The number of methoxy groups -OCH3 is 1. The smallest absolute Gasteiger partial charge is 0.407 e. The number of benzene rings is 2. The second-order valence-electron chi connectivity index (χ2n) is 10.6. The number of urea groups is 1. The van der Waals surface area contributed by atoms with Crippen molar-refractivity contribution in [2.75, 3.05) is 49.7 Å². The van der Waals surface area contributed by atoms with Crippen LogP contribution in [0.15, 0.2) is 42.5 Å². The third-order valence-electron chi connectivity index (χ3n) is 7.52. The van der Waals surface area contributed by atoms with Crippen LogP contribution in [-0.2, 0) is 27.7 Å². The van der Waals surface area contributed by atoms with Gasteiger partial charge in [-0.05, 0) is 43.7 Å². The molecule has 0 bridgehead atoms. The van der Waals surface area contributed by atoms with Gasteiger partial charge in [-0.3, -0.25) is 9.80 Å². The van der Waals surface area contributed by atoms with E-state index in [2.05, 4.69) is 9.64 Å². The predicted octanol–water partition coefficient (Wildman–Crippen LogP) is 3.04. The molecule has 0 unspecified atom stereocenters. The van der Waals surface area contributed by atoms with E-state index >= 15 is 4.39 Å². The second-order valence-corrected chi connectivity index (χ2v) is 12.9. The lowest BCUT2D eigenvalue weighted by atomic mass is 10.1. The highest BCUT2D eigenvalue weighted by molar-refractivity contribution is 7.91. The third-order valence-corrected chi connectivity index (χ3v) is 9.13. The SMILES string of the molecule is COC(=O)c1ccc(CN(C(=O)N2CCS(=O)(=O)CC2)c2ccc(CN3C[C@@H](C)N(C(=O)O)[C@@H](C)C3)cc2)c(F)c1. The van der Waals surface area contributed by atoms with Gasteiger partial charge in [-0.1, -0.05) is 18.2 Å². The molecule has 2 saturated heterocycles. The average molecular weight is 591 g/mol. The first-order valence-electron chi connectivity index (χ1n) is 13.3. The number of piperazine rings is 1. The molecule has 1 N–H and O–H groups in total. The topological polar surface area (TPSA) is 128 Å². The number of ether oxygens (including phenoxy) is 1. The first-order chi connectivity index (χ1) is 19.4. The van der Waals surface area contributed by atoms with E-state index in [0.29, 0.717) is 25.3 Å². The Morgan fingerprint density at radius 1 is 1.02 bits per heavy atom. The Hall–Kier alpha value is -3.71. The molecule has 2 aromatic carbocycles. The van der Waals surface area contributed by atoms with Crippen molar-refractivity contribution < 1.29 is 37.0 Å². The molecule has 2 aromatic rings. The summed E-state index contributed by atoms with van der Waals surface area (Å²) in [7, 11) is -2.01. The highest BCUT2D eigenvalue weighted by Gasteiger charge is 2.33. The quantitative estimate of drug-likeness (QED) is 0.509. The van der Waals surface area contributed by atoms with Crippen LogP contribution in [0, 0.1) is 5.82 Å². The monoisotopic (exact) mass is 590 g/mol. The lowest BCUT2D eigenvalue weighted by molar-refractivity contribution is 0.0380. The fourth-order valence-electron chi connectivity index (χ4n) is 5.41. The van der Waals surface area contributed by atoms with E-state index < -0.39 is 33.7 Å². The number of anilines is 1. The zero-order chi connectivity index (χ0) is 29.9. The van der Waals surface area contributed by atoms with Gasteiger partial charge in [0.15, 0.2) is 9.84 Å². The summed E-state index contributed by atoms with van der Waals surface area (Å²) in [5.74, 6) is -1.63. The van der Waals surface area contributed by atoms with Crippen molar-refractivity contribution in [2.24, 2.45) is 0 Å². The van der Waals surface area contributed by atoms with E-state index in [-0.39, 0.29) is 54.4 Å². The van der Waals surface area contributed by atoms with Crippen molar-refractivity contribution in [2.45, 2.75) is 39.0 Å². The van der Waals surface area contributed by atoms with E-state index in [9.17, 15) is 27.9 Å². The van der Waals surface area contributed by atoms with E-state index in [1.54, 1.807) is 12.1 Å². The minimum atomic E-state index is -3.21. The fourth-order valence-corrected chi connectivity index (χ4v) is 6.61. The van der Waals surface area contributed by atoms with E-state index in [1.165, 1.54) is 33.9 Å². The van der Waals surface area contributed by atoms with Crippen molar-refractivity contribution >= 4 is 33.6 Å². The molecule has 41 heavy (non-hydrogen) atoms. The zero-order valence-electron chi connectivity index (χ0n) is 23.3. The van der Waals surface area contributed by atoms with E-state index in [4.69, 9.17) is 0 Å². The lowest BCUT2D eigenvalue weighted by Gasteiger charge is -2.43.